The van der Waals surface area contributed by atoms with Gasteiger partial charge in [-0.3, -0.25) is 4.98 Å². The molecule has 0 fully saturated rings. The Labute approximate surface area is 146 Å². The predicted octanol–water partition coefficient (Wildman–Crippen LogP) is 3.44. The summed E-state index contributed by atoms with van der Waals surface area (Å²) in [5, 5.41) is 6.41. The highest BCUT2D eigenvalue weighted by Gasteiger charge is 2.01. The van der Waals surface area contributed by atoms with Crippen molar-refractivity contribution in [3.05, 3.63) is 66.9 Å². The monoisotopic (exact) mass is 331 g/mol. The second-order valence-electron chi connectivity index (χ2n) is 5.15. The molecule has 0 aliphatic carbocycles. The minimum absolute atomic E-state index is 0.234. The van der Waals surface area contributed by atoms with Gasteiger partial charge in [0.05, 0.1) is 6.54 Å². The zero-order valence-electron chi connectivity index (χ0n) is 13.5. The fourth-order valence-electron chi connectivity index (χ4n) is 2.24. The summed E-state index contributed by atoms with van der Waals surface area (Å²) in [7, 11) is 0. The maximum Gasteiger partial charge on any atom is 0.319 e. The maximum absolute atomic E-state index is 11.7. The molecule has 25 heavy (non-hydrogen) atoms. The lowest BCUT2D eigenvalue weighted by Gasteiger charge is -2.05. The SMILES string of the molecule is O=C(NCC#CCOc1cccc2cccnc12)Nc1ccccc1. The van der Waals surface area contributed by atoms with Crippen LogP contribution < -0.4 is 15.4 Å². The van der Waals surface area contributed by atoms with E-state index < -0.39 is 0 Å². The second-order valence-corrected chi connectivity index (χ2v) is 5.15. The number of rotatable bonds is 4. The molecule has 0 saturated carbocycles. The Morgan fingerprint density at radius 2 is 1.84 bits per heavy atom. The summed E-state index contributed by atoms with van der Waals surface area (Å²) < 4.78 is 5.66. The number of nitrogens with one attached hydrogen (secondary N) is 2. The lowest BCUT2D eigenvalue weighted by atomic mass is 10.2. The molecule has 0 radical (unpaired) electrons. The number of para-hydroxylation sites is 2. The quantitative estimate of drug-likeness (QED) is 0.720. The summed E-state index contributed by atoms with van der Waals surface area (Å²) in [5.74, 6) is 6.42. The molecule has 2 amide bonds. The standard InChI is InChI=1S/C20H17N3O2/c24-20(23-17-10-2-1-3-11-17)22-13-4-5-15-25-18-12-6-8-16-9-7-14-21-19(16)18/h1-3,6-12,14H,13,15H2,(H2,22,23,24). The zero-order chi connectivity index (χ0) is 17.3. The average molecular weight is 331 g/mol. The van der Waals surface area contributed by atoms with E-state index in [2.05, 4.69) is 27.5 Å². The first-order valence-corrected chi connectivity index (χ1v) is 7.85. The third-order valence-electron chi connectivity index (χ3n) is 3.39. The molecule has 5 nitrogen and oxygen atoms in total. The van der Waals surface area contributed by atoms with Crippen molar-refractivity contribution in [3.63, 3.8) is 0 Å². The molecule has 0 bridgehead atoms. The predicted molar refractivity (Wildman–Crippen MR) is 98.5 cm³/mol. The molecule has 0 aliphatic rings. The summed E-state index contributed by atoms with van der Waals surface area (Å²) in [5.41, 5.74) is 1.55. The van der Waals surface area contributed by atoms with E-state index in [0.29, 0.717) is 5.75 Å². The lowest BCUT2D eigenvalue weighted by Crippen LogP contribution is -2.28. The second kappa shape index (κ2) is 8.37. The minimum atomic E-state index is -0.292. The molecule has 3 aromatic rings. The Morgan fingerprint density at radius 1 is 1.00 bits per heavy atom. The minimum Gasteiger partial charge on any atom is -0.479 e. The molecule has 2 N–H and O–H groups in total. The molecule has 2 aromatic carbocycles. The van der Waals surface area contributed by atoms with Gasteiger partial charge < -0.3 is 15.4 Å². The van der Waals surface area contributed by atoms with E-state index >= 15 is 0 Å². The van der Waals surface area contributed by atoms with Gasteiger partial charge in [-0.2, -0.15) is 0 Å². The van der Waals surface area contributed by atoms with Crippen LogP contribution in [0.3, 0.4) is 0 Å². The molecule has 1 heterocycles. The smallest absolute Gasteiger partial charge is 0.319 e. The van der Waals surface area contributed by atoms with Gasteiger partial charge in [-0.05, 0) is 24.3 Å². The summed E-state index contributed by atoms with van der Waals surface area (Å²) in [6.45, 7) is 0.480. The number of carbonyl (C=O) groups is 1. The van der Waals surface area contributed by atoms with Crippen LogP contribution in [0.15, 0.2) is 66.9 Å². The van der Waals surface area contributed by atoms with Crippen molar-refractivity contribution in [2.45, 2.75) is 0 Å². The number of anilines is 1. The maximum atomic E-state index is 11.7. The first-order chi connectivity index (χ1) is 12.3. The van der Waals surface area contributed by atoms with Gasteiger partial charge in [0, 0.05) is 17.3 Å². The van der Waals surface area contributed by atoms with Crippen LogP contribution in [-0.2, 0) is 0 Å². The molecule has 0 saturated heterocycles. The van der Waals surface area contributed by atoms with Crippen molar-refractivity contribution in [2.75, 3.05) is 18.5 Å². The van der Waals surface area contributed by atoms with Gasteiger partial charge in [-0.15, -0.1) is 0 Å². The summed E-state index contributed by atoms with van der Waals surface area (Å²) >= 11 is 0. The molecule has 1 aromatic heterocycles. The third kappa shape index (κ3) is 4.72. The number of aromatic nitrogens is 1. The van der Waals surface area contributed by atoms with Gasteiger partial charge in [-0.1, -0.05) is 48.2 Å². The Kier molecular flexibility index (Phi) is 5.47. The van der Waals surface area contributed by atoms with Gasteiger partial charge in [0.2, 0.25) is 0 Å². The number of carbonyl (C=O) groups excluding carboxylic acids is 1. The molecule has 0 unspecified atom stereocenters. The summed E-state index contributed by atoms with van der Waals surface area (Å²) in [6, 6.07) is 18.6. The normalized spacial score (nSPS) is 9.76. The summed E-state index contributed by atoms with van der Waals surface area (Å²) in [6.07, 6.45) is 1.73. The average Bonchev–Trinajstić information content (AvgIpc) is 2.65. The van der Waals surface area contributed by atoms with Gasteiger partial charge >= 0.3 is 6.03 Å². The zero-order valence-corrected chi connectivity index (χ0v) is 13.5. The topological polar surface area (TPSA) is 63.2 Å². The largest absolute Gasteiger partial charge is 0.479 e. The number of urea groups is 1. The molecule has 3 rings (SSSR count). The Hall–Kier alpha value is -3.52. The molecule has 0 aliphatic heterocycles. The van der Waals surface area contributed by atoms with E-state index in [0.717, 1.165) is 16.6 Å². The van der Waals surface area contributed by atoms with Crippen molar-refractivity contribution in [2.24, 2.45) is 0 Å². The fraction of sp³-hybridized carbons (Fsp3) is 0.100. The van der Waals surface area contributed by atoms with E-state index in [4.69, 9.17) is 4.74 Å². The van der Waals surface area contributed by atoms with Gasteiger partial charge in [0.15, 0.2) is 0 Å². The summed E-state index contributed by atoms with van der Waals surface area (Å²) in [4.78, 5) is 16.0. The van der Waals surface area contributed by atoms with E-state index in [9.17, 15) is 4.79 Å². The first kappa shape index (κ1) is 16.3. The number of pyridine rings is 1. The van der Waals surface area contributed by atoms with E-state index in [1.807, 2.05) is 60.7 Å². The Bertz CT molecular complexity index is 909. The van der Waals surface area contributed by atoms with Crippen molar-refractivity contribution < 1.29 is 9.53 Å². The number of amides is 2. The first-order valence-electron chi connectivity index (χ1n) is 7.85. The van der Waals surface area contributed by atoms with Gasteiger partial charge in [0.25, 0.3) is 0 Å². The van der Waals surface area contributed by atoms with Crippen LogP contribution in [0, 0.1) is 11.8 Å². The molecular weight excluding hydrogens is 314 g/mol. The Morgan fingerprint density at radius 3 is 2.72 bits per heavy atom. The molecular formula is C20H17N3O2. The highest BCUT2D eigenvalue weighted by atomic mass is 16.5. The van der Waals surface area contributed by atoms with Crippen molar-refractivity contribution in [1.82, 2.24) is 10.3 Å². The molecule has 0 spiro atoms. The van der Waals surface area contributed by atoms with Crippen LogP contribution in [0.1, 0.15) is 0 Å². The number of hydrogen-bond acceptors (Lipinski definition) is 3. The lowest BCUT2D eigenvalue weighted by molar-refractivity contribution is 0.253. The van der Waals surface area contributed by atoms with E-state index in [1.165, 1.54) is 0 Å². The number of benzene rings is 2. The van der Waals surface area contributed by atoms with Crippen molar-refractivity contribution in [1.29, 1.82) is 0 Å². The van der Waals surface area contributed by atoms with Crippen molar-refractivity contribution in [3.8, 4) is 17.6 Å². The highest BCUT2D eigenvalue weighted by molar-refractivity contribution is 5.89. The third-order valence-corrected chi connectivity index (χ3v) is 3.39. The van der Waals surface area contributed by atoms with Crippen LogP contribution in [0.25, 0.3) is 10.9 Å². The number of hydrogen-bond donors (Lipinski definition) is 2. The van der Waals surface area contributed by atoms with E-state index in [1.54, 1.807) is 6.20 Å². The molecule has 5 heteroatoms. The van der Waals surface area contributed by atoms with Crippen LogP contribution in [0.4, 0.5) is 10.5 Å². The van der Waals surface area contributed by atoms with E-state index in [-0.39, 0.29) is 19.2 Å². The fourth-order valence-corrected chi connectivity index (χ4v) is 2.24. The highest BCUT2D eigenvalue weighted by Crippen LogP contribution is 2.22. The molecule has 124 valence electrons. The van der Waals surface area contributed by atoms with Gasteiger partial charge in [-0.25, -0.2) is 4.79 Å². The van der Waals surface area contributed by atoms with Crippen LogP contribution >= 0.6 is 0 Å². The van der Waals surface area contributed by atoms with Crippen LogP contribution in [0.2, 0.25) is 0 Å². The number of nitrogens with zero attached hydrogens (tertiary/aromatic N) is 1. The number of fused-ring (bicyclic) bond motifs is 1. The van der Waals surface area contributed by atoms with Crippen molar-refractivity contribution >= 4 is 22.6 Å². The van der Waals surface area contributed by atoms with Gasteiger partial charge in [0.1, 0.15) is 17.9 Å². The number of ether oxygens (including phenoxy) is 1. The molecule has 0 atom stereocenters. The van der Waals surface area contributed by atoms with Crippen LogP contribution in [0.5, 0.6) is 5.75 Å². The Balaban J connectivity index is 1.45. The van der Waals surface area contributed by atoms with Crippen LogP contribution in [-0.4, -0.2) is 24.2 Å².